The SMILES string of the molecule is O=C(O)c1ccsc1Br.c1ccncc1. The van der Waals surface area contributed by atoms with Crippen molar-refractivity contribution in [1.29, 1.82) is 0 Å². The van der Waals surface area contributed by atoms with Crippen LogP contribution in [0.3, 0.4) is 0 Å². The molecule has 0 unspecified atom stereocenters. The second kappa shape index (κ2) is 6.31. The average molecular weight is 286 g/mol. The maximum absolute atomic E-state index is 10.3. The first-order valence-corrected chi connectivity index (χ1v) is 5.70. The zero-order valence-electron chi connectivity index (χ0n) is 7.63. The number of carboxylic acid groups (broad SMARTS) is 1. The smallest absolute Gasteiger partial charge is 0.337 e. The molecule has 0 aliphatic heterocycles. The van der Waals surface area contributed by atoms with Crippen LogP contribution in [0.25, 0.3) is 0 Å². The van der Waals surface area contributed by atoms with Crippen LogP contribution in [0.15, 0.2) is 45.8 Å². The van der Waals surface area contributed by atoms with Crippen molar-refractivity contribution in [3.8, 4) is 0 Å². The van der Waals surface area contributed by atoms with Crippen molar-refractivity contribution in [3.63, 3.8) is 0 Å². The molecule has 0 atom stereocenters. The molecule has 0 radical (unpaired) electrons. The summed E-state index contributed by atoms with van der Waals surface area (Å²) in [7, 11) is 0. The molecule has 0 aromatic carbocycles. The molecule has 0 bridgehead atoms. The van der Waals surface area contributed by atoms with E-state index < -0.39 is 5.97 Å². The summed E-state index contributed by atoms with van der Waals surface area (Å²) in [6, 6.07) is 7.28. The average Bonchev–Trinajstić information content (AvgIpc) is 2.68. The predicted molar refractivity (Wildman–Crippen MR) is 63.2 cm³/mol. The Morgan fingerprint density at radius 1 is 1.33 bits per heavy atom. The van der Waals surface area contributed by atoms with Crippen LogP contribution in [-0.2, 0) is 0 Å². The van der Waals surface area contributed by atoms with Crippen LogP contribution in [0.1, 0.15) is 10.4 Å². The van der Waals surface area contributed by atoms with Gasteiger partial charge in [0.15, 0.2) is 0 Å². The molecule has 5 heteroatoms. The fourth-order valence-corrected chi connectivity index (χ4v) is 1.99. The minimum absolute atomic E-state index is 0.333. The lowest BCUT2D eigenvalue weighted by molar-refractivity contribution is 0.0696. The van der Waals surface area contributed by atoms with Gasteiger partial charge in [0.25, 0.3) is 0 Å². The molecule has 0 fully saturated rings. The van der Waals surface area contributed by atoms with E-state index in [0.717, 1.165) is 0 Å². The number of pyridine rings is 1. The van der Waals surface area contributed by atoms with E-state index in [0.29, 0.717) is 9.35 Å². The van der Waals surface area contributed by atoms with Gasteiger partial charge in [-0.3, -0.25) is 4.98 Å². The van der Waals surface area contributed by atoms with Gasteiger partial charge in [-0.1, -0.05) is 6.07 Å². The number of hydrogen-bond donors (Lipinski definition) is 1. The van der Waals surface area contributed by atoms with Gasteiger partial charge in [0.05, 0.1) is 9.35 Å². The van der Waals surface area contributed by atoms with E-state index in [-0.39, 0.29) is 0 Å². The Morgan fingerprint density at radius 2 is 2.00 bits per heavy atom. The molecule has 15 heavy (non-hydrogen) atoms. The molecule has 2 aromatic heterocycles. The maximum Gasteiger partial charge on any atom is 0.337 e. The van der Waals surface area contributed by atoms with E-state index >= 15 is 0 Å². The molecule has 2 rings (SSSR count). The third-order valence-electron chi connectivity index (χ3n) is 1.41. The molecular weight excluding hydrogens is 278 g/mol. The summed E-state index contributed by atoms with van der Waals surface area (Å²) in [6.07, 6.45) is 3.50. The monoisotopic (exact) mass is 285 g/mol. The van der Waals surface area contributed by atoms with Gasteiger partial charge in [0.1, 0.15) is 0 Å². The fourth-order valence-electron chi connectivity index (χ4n) is 0.759. The van der Waals surface area contributed by atoms with Crippen LogP contribution in [0.2, 0.25) is 0 Å². The number of thiophene rings is 1. The van der Waals surface area contributed by atoms with Crippen molar-refractivity contribution in [2.75, 3.05) is 0 Å². The molecule has 1 N–H and O–H groups in total. The molecule has 0 saturated carbocycles. The normalized spacial score (nSPS) is 8.87. The van der Waals surface area contributed by atoms with Gasteiger partial charge in [-0.05, 0) is 39.5 Å². The second-order valence-electron chi connectivity index (χ2n) is 2.44. The summed E-state index contributed by atoms with van der Waals surface area (Å²) in [6.45, 7) is 0. The third-order valence-corrected chi connectivity index (χ3v) is 3.10. The first-order valence-electron chi connectivity index (χ1n) is 4.03. The van der Waals surface area contributed by atoms with Crippen LogP contribution in [0.4, 0.5) is 0 Å². The number of nitrogens with zero attached hydrogens (tertiary/aromatic N) is 1. The molecule has 78 valence electrons. The Balaban J connectivity index is 0.000000162. The number of aromatic carboxylic acids is 1. The number of hydrogen-bond acceptors (Lipinski definition) is 3. The largest absolute Gasteiger partial charge is 0.478 e. The summed E-state index contributed by atoms with van der Waals surface area (Å²) < 4.78 is 0.676. The van der Waals surface area contributed by atoms with Crippen LogP contribution < -0.4 is 0 Å². The van der Waals surface area contributed by atoms with Crippen molar-refractivity contribution < 1.29 is 9.90 Å². The van der Waals surface area contributed by atoms with E-state index in [2.05, 4.69) is 20.9 Å². The van der Waals surface area contributed by atoms with Crippen molar-refractivity contribution in [1.82, 2.24) is 4.98 Å². The van der Waals surface area contributed by atoms with Crippen LogP contribution in [0, 0.1) is 0 Å². The maximum atomic E-state index is 10.3. The van der Waals surface area contributed by atoms with E-state index in [1.54, 1.807) is 23.8 Å². The summed E-state index contributed by atoms with van der Waals surface area (Å²) >= 11 is 4.47. The summed E-state index contributed by atoms with van der Waals surface area (Å²) in [4.78, 5) is 14.0. The molecule has 2 aromatic rings. The summed E-state index contributed by atoms with van der Waals surface area (Å²) in [5.41, 5.74) is 0.333. The van der Waals surface area contributed by atoms with Crippen molar-refractivity contribution in [2.45, 2.75) is 0 Å². The highest BCUT2D eigenvalue weighted by molar-refractivity contribution is 9.11. The minimum atomic E-state index is -0.886. The lowest BCUT2D eigenvalue weighted by atomic mass is 10.4. The molecule has 3 nitrogen and oxygen atoms in total. The van der Waals surface area contributed by atoms with Crippen molar-refractivity contribution >= 4 is 33.2 Å². The molecule has 0 aliphatic carbocycles. The molecule has 0 saturated heterocycles. The van der Waals surface area contributed by atoms with Gasteiger partial charge >= 0.3 is 5.97 Å². The Morgan fingerprint density at radius 3 is 2.20 bits per heavy atom. The number of carbonyl (C=O) groups is 1. The lowest BCUT2D eigenvalue weighted by Gasteiger charge is -1.84. The van der Waals surface area contributed by atoms with E-state index in [4.69, 9.17) is 5.11 Å². The number of aromatic nitrogens is 1. The third kappa shape index (κ3) is 4.22. The quantitative estimate of drug-likeness (QED) is 0.875. The lowest BCUT2D eigenvalue weighted by Crippen LogP contribution is -1.92. The van der Waals surface area contributed by atoms with Crippen LogP contribution >= 0.6 is 27.3 Å². The minimum Gasteiger partial charge on any atom is -0.478 e. The molecule has 0 aliphatic rings. The van der Waals surface area contributed by atoms with E-state index in [1.807, 2.05) is 18.2 Å². The zero-order valence-corrected chi connectivity index (χ0v) is 10.0. The summed E-state index contributed by atoms with van der Waals surface area (Å²) in [5, 5.41) is 10.2. The highest BCUT2D eigenvalue weighted by Crippen LogP contribution is 2.22. The van der Waals surface area contributed by atoms with Gasteiger partial charge in [0, 0.05) is 12.4 Å². The summed E-state index contributed by atoms with van der Waals surface area (Å²) in [5.74, 6) is -0.886. The Hall–Kier alpha value is -1.20. The van der Waals surface area contributed by atoms with Crippen LogP contribution in [0.5, 0.6) is 0 Å². The number of carboxylic acids is 1. The van der Waals surface area contributed by atoms with Gasteiger partial charge in [0.2, 0.25) is 0 Å². The number of halogens is 1. The fraction of sp³-hybridized carbons (Fsp3) is 0. The van der Waals surface area contributed by atoms with Gasteiger partial charge in [-0.15, -0.1) is 11.3 Å². The Labute approximate surface area is 99.5 Å². The Kier molecular flexibility index (Phi) is 5.00. The molecule has 0 amide bonds. The predicted octanol–water partition coefficient (Wildman–Crippen LogP) is 3.29. The van der Waals surface area contributed by atoms with Gasteiger partial charge < -0.3 is 5.11 Å². The molecule has 2 heterocycles. The van der Waals surface area contributed by atoms with Gasteiger partial charge in [-0.2, -0.15) is 0 Å². The highest BCUT2D eigenvalue weighted by atomic mass is 79.9. The Bertz CT molecular complexity index is 390. The topological polar surface area (TPSA) is 50.2 Å². The molecule has 0 spiro atoms. The van der Waals surface area contributed by atoms with Crippen LogP contribution in [-0.4, -0.2) is 16.1 Å². The first kappa shape index (κ1) is 11.9. The molecular formula is C10H8BrNO2S. The highest BCUT2D eigenvalue weighted by Gasteiger charge is 2.06. The van der Waals surface area contributed by atoms with Crippen molar-refractivity contribution in [3.05, 3.63) is 51.4 Å². The van der Waals surface area contributed by atoms with E-state index in [1.165, 1.54) is 11.3 Å². The van der Waals surface area contributed by atoms with E-state index in [9.17, 15) is 4.79 Å². The number of rotatable bonds is 1. The zero-order chi connectivity index (χ0) is 11.1. The van der Waals surface area contributed by atoms with Crippen molar-refractivity contribution in [2.24, 2.45) is 0 Å². The standard InChI is InChI=1S/C5H3BrO2S.C5H5N/c6-4-3(5(7)8)1-2-9-4;1-2-4-6-5-3-1/h1-2H,(H,7,8);1-5H. The first-order chi connectivity index (χ1) is 7.22. The second-order valence-corrected chi connectivity index (χ2v) is 4.67. The van der Waals surface area contributed by atoms with Gasteiger partial charge in [-0.25, -0.2) is 4.79 Å².